The summed E-state index contributed by atoms with van der Waals surface area (Å²) in [6.45, 7) is 3.82. The normalized spacial score (nSPS) is 22.3. The zero-order chi connectivity index (χ0) is 17.6. The van der Waals surface area contributed by atoms with Gasteiger partial charge >= 0.3 is 0 Å². The zero-order valence-corrected chi connectivity index (χ0v) is 14.6. The van der Waals surface area contributed by atoms with E-state index in [1.165, 1.54) is 10.7 Å². The molecule has 0 radical (unpaired) electrons. The van der Waals surface area contributed by atoms with Crippen LogP contribution in [0.5, 0.6) is 0 Å². The largest absolute Gasteiger partial charge is 0.341 e. The van der Waals surface area contributed by atoms with Gasteiger partial charge in [0.2, 0.25) is 5.91 Å². The van der Waals surface area contributed by atoms with E-state index in [9.17, 15) is 9.59 Å². The van der Waals surface area contributed by atoms with Gasteiger partial charge in [-0.25, -0.2) is 4.68 Å². The second-order valence-corrected chi connectivity index (χ2v) is 7.05. The third kappa shape index (κ3) is 2.71. The highest BCUT2D eigenvalue weighted by Crippen LogP contribution is 2.38. The summed E-state index contributed by atoms with van der Waals surface area (Å²) in [5, 5.41) is 4.39. The van der Waals surface area contributed by atoms with Crippen molar-refractivity contribution in [3.05, 3.63) is 52.3 Å². The number of rotatable bonds is 2. The number of carbonyl (C=O) groups is 1. The van der Waals surface area contributed by atoms with Crippen molar-refractivity contribution in [2.75, 3.05) is 18.0 Å². The molecule has 1 saturated heterocycles. The molecule has 2 aromatic rings. The van der Waals surface area contributed by atoms with Gasteiger partial charge in [0.15, 0.2) is 5.82 Å². The first kappa shape index (κ1) is 15.9. The molecule has 0 bridgehead atoms. The number of amides is 1. The Morgan fingerprint density at radius 3 is 2.72 bits per heavy atom. The Morgan fingerprint density at radius 2 is 2.00 bits per heavy atom. The molecule has 0 N–H and O–H groups in total. The van der Waals surface area contributed by atoms with Crippen LogP contribution in [0.2, 0.25) is 0 Å². The molecule has 2 aliphatic rings. The molecule has 0 saturated carbocycles. The van der Waals surface area contributed by atoms with E-state index >= 15 is 0 Å². The number of carbonyl (C=O) groups excluding carboxylic acids is 1. The van der Waals surface area contributed by atoms with Crippen molar-refractivity contribution in [1.82, 2.24) is 14.7 Å². The fourth-order valence-corrected chi connectivity index (χ4v) is 3.83. The second-order valence-electron chi connectivity index (χ2n) is 7.05. The van der Waals surface area contributed by atoms with Gasteiger partial charge in [-0.15, -0.1) is 0 Å². The van der Waals surface area contributed by atoms with E-state index in [-0.39, 0.29) is 17.5 Å². The maximum atomic E-state index is 13.2. The molecule has 0 aliphatic carbocycles. The zero-order valence-electron chi connectivity index (χ0n) is 14.6. The van der Waals surface area contributed by atoms with Crippen molar-refractivity contribution in [2.24, 2.45) is 13.0 Å². The first-order valence-electron chi connectivity index (χ1n) is 8.75. The van der Waals surface area contributed by atoms with E-state index < -0.39 is 0 Å². The van der Waals surface area contributed by atoms with Gasteiger partial charge in [0.1, 0.15) is 6.04 Å². The van der Waals surface area contributed by atoms with Gasteiger partial charge in [0.05, 0.1) is 0 Å². The molecule has 25 heavy (non-hydrogen) atoms. The van der Waals surface area contributed by atoms with Crippen molar-refractivity contribution < 1.29 is 4.79 Å². The lowest BCUT2D eigenvalue weighted by Gasteiger charge is -2.29. The molecule has 6 nitrogen and oxygen atoms in total. The first-order chi connectivity index (χ1) is 12.0. The third-order valence-corrected chi connectivity index (χ3v) is 5.19. The summed E-state index contributed by atoms with van der Waals surface area (Å²) >= 11 is 0. The van der Waals surface area contributed by atoms with Crippen LogP contribution in [0, 0.1) is 5.92 Å². The number of anilines is 2. The van der Waals surface area contributed by atoms with Gasteiger partial charge in [-0.2, -0.15) is 5.10 Å². The van der Waals surface area contributed by atoms with Crippen LogP contribution in [0.25, 0.3) is 0 Å². The molecule has 1 fully saturated rings. The van der Waals surface area contributed by atoms with Crippen molar-refractivity contribution in [2.45, 2.75) is 25.8 Å². The van der Waals surface area contributed by atoms with Crippen LogP contribution >= 0.6 is 0 Å². The Hall–Kier alpha value is -2.63. The lowest BCUT2D eigenvalue weighted by atomic mass is 10.1. The molecule has 2 atom stereocenters. The summed E-state index contributed by atoms with van der Waals surface area (Å²) in [5.41, 5.74) is 1.98. The Labute approximate surface area is 146 Å². The second kappa shape index (κ2) is 6.02. The predicted octanol–water partition coefficient (Wildman–Crippen LogP) is 1.71. The maximum absolute atomic E-state index is 13.2. The molecule has 2 aliphatic heterocycles. The van der Waals surface area contributed by atoms with Crippen molar-refractivity contribution in [3.63, 3.8) is 0 Å². The summed E-state index contributed by atoms with van der Waals surface area (Å²) in [6.07, 6.45) is 1.73. The van der Waals surface area contributed by atoms with Gasteiger partial charge in [0, 0.05) is 38.3 Å². The molecule has 130 valence electrons. The van der Waals surface area contributed by atoms with E-state index in [4.69, 9.17) is 0 Å². The maximum Gasteiger partial charge on any atom is 0.266 e. The van der Waals surface area contributed by atoms with Crippen LogP contribution in [0.1, 0.15) is 18.9 Å². The molecule has 1 unspecified atom stereocenters. The van der Waals surface area contributed by atoms with E-state index in [1.54, 1.807) is 13.1 Å². The number of para-hydroxylation sites is 1. The monoisotopic (exact) mass is 338 g/mol. The molecular weight excluding hydrogens is 316 g/mol. The Kier molecular flexibility index (Phi) is 3.82. The smallest absolute Gasteiger partial charge is 0.266 e. The van der Waals surface area contributed by atoms with Crippen LogP contribution in [-0.4, -0.2) is 39.7 Å². The number of likely N-dealkylation sites (tertiary alicyclic amines) is 1. The summed E-state index contributed by atoms with van der Waals surface area (Å²) in [4.78, 5) is 28.8. The van der Waals surface area contributed by atoms with Gasteiger partial charge < -0.3 is 9.80 Å². The number of aromatic nitrogens is 2. The Morgan fingerprint density at radius 1 is 1.20 bits per heavy atom. The summed E-state index contributed by atoms with van der Waals surface area (Å²) in [7, 11) is 1.63. The molecule has 1 aromatic heterocycles. The summed E-state index contributed by atoms with van der Waals surface area (Å²) in [5.74, 6) is 1.34. The number of hydrogen-bond donors (Lipinski definition) is 0. The summed E-state index contributed by atoms with van der Waals surface area (Å²) in [6, 6.07) is 11.0. The molecule has 3 heterocycles. The number of aryl methyl sites for hydroxylation is 1. The number of benzene rings is 1. The van der Waals surface area contributed by atoms with Crippen LogP contribution in [0.15, 0.2) is 41.2 Å². The van der Waals surface area contributed by atoms with E-state index in [0.717, 1.165) is 30.8 Å². The molecule has 4 rings (SSSR count). The van der Waals surface area contributed by atoms with Crippen molar-refractivity contribution in [3.8, 4) is 0 Å². The lowest BCUT2D eigenvalue weighted by molar-refractivity contribution is -0.131. The highest BCUT2D eigenvalue weighted by atomic mass is 16.2. The van der Waals surface area contributed by atoms with Crippen molar-refractivity contribution in [1.29, 1.82) is 0 Å². The van der Waals surface area contributed by atoms with Crippen LogP contribution in [0.4, 0.5) is 11.5 Å². The average molecular weight is 338 g/mol. The Balaban J connectivity index is 1.74. The predicted molar refractivity (Wildman–Crippen MR) is 95.9 cm³/mol. The first-order valence-corrected chi connectivity index (χ1v) is 8.75. The number of fused-ring (bicyclic) bond motifs is 1. The minimum absolute atomic E-state index is 0.149. The molecule has 1 amide bonds. The highest BCUT2D eigenvalue weighted by Gasteiger charge is 2.39. The molecule has 6 heteroatoms. The van der Waals surface area contributed by atoms with Crippen LogP contribution in [-0.2, 0) is 18.3 Å². The SMILES string of the molecule is CC1CCN(C(=O)[C@@H]2Cc3ccccc3N2c2ccc(=O)n(C)n2)C1. The fourth-order valence-electron chi connectivity index (χ4n) is 3.83. The van der Waals surface area contributed by atoms with Crippen LogP contribution < -0.4 is 10.5 Å². The lowest BCUT2D eigenvalue weighted by Crippen LogP contribution is -2.45. The van der Waals surface area contributed by atoms with E-state index in [1.807, 2.05) is 28.0 Å². The minimum atomic E-state index is -0.298. The minimum Gasteiger partial charge on any atom is -0.341 e. The number of hydrogen-bond acceptors (Lipinski definition) is 4. The van der Waals surface area contributed by atoms with E-state index in [0.29, 0.717) is 18.2 Å². The molecular formula is C19H22N4O2. The molecule has 0 spiro atoms. The standard InChI is InChI=1S/C19H22N4O2/c1-13-9-10-22(12-13)19(25)16-11-14-5-3-4-6-15(14)23(16)17-7-8-18(24)21(2)20-17/h3-8,13,16H,9-12H2,1-2H3/t13?,16-/m0/s1. The average Bonchev–Trinajstić information content (AvgIpc) is 3.20. The van der Waals surface area contributed by atoms with E-state index in [2.05, 4.69) is 18.1 Å². The van der Waals surface area contributed by atoms with Gasteiger partial charge in [-0.05, 0) is 30.0 Å². The highest BCUT2D eigenvalue weighted by molar-refractivity contribution is 5.91. The van der Waals surface area contributed by atoms with Gasteiger partial charge in [-0.3, -0.25) is 9.59 Å². The van der Waals surface area contributed by atoms with Crippen molar-refractivity contribution >= 4 is 17.4 Å². The Bertz CT molecular complexity index is 876. The van der Waals surface area contributed by atoms with Crippen LogP contribution in [0.3, 0.4) is 0 Å². The van der Waals surface area contributed by atoms with Gasteiger partial charge in [-0.1, -0.05) is 25.1 Å². The topological polar surface area (TPSA) is 58.4 Å². The quantitative estimate of drug-likeness (QED) is 0.836. The fraction of sp³-hybridized carbons (Fsp3) is 0.421. The molecule has 1 aromatic carbocycles. The van der Waals surface area contributed by atoms with Gasteiger partial charge in [0.25, 0.3) is 5.56 Å². The third-order valence-electron chi connectivity index (χ3n) is 5.19. The number of nitrogens with zero attached hydrogens (tertiary/aromatic N) is 4. The summed E-state index contributed by atoms with van der Waals surface area (Å²) < 4.78 is 1.32.